The second kappa shape index (κ2) is 12.4. The zero-order chi connectivity index (χ0) is 28.8. The molecule has 0 saturated carbocycles. The maximum atomic E-state index is 13.4. The van der Waals surface area contributed by atoms with Crippen LogP contribution >= 0.6 is 0 Å². The van der Waals surface area contributed by atoms with Gasteiger partial charge in [-0.05, 0) is 73.4 Å². The Hall–Kier alpha value is -4.10. The fourth-order valence-electron chi connectivity index (χ4n) is 4.29. The standard InChI is InChI=1S/C33H36N2O4S/c1-6-38-31-21-16-26(23-32(31)39-7-2)30(35-22-12-11-15-29(35)25-13-9-8-10-14-25)24-34-40(36,37)28-19-17-27(18-20-28)33(3,4)5/h8-24H,6-7H2,1-5H3/b30-24-. The summed E-state index contributed by atoms with van der Waals surface area (Å²) in [6, 6.07) is 28.2. The highest BCUT2D eigenvalue weighted by molar-refractivity contribution is 7.94. The van der Waals surface area contributed by atoms with Gasteiger partial charge in [0.05, 0.1) is 18.1 Å². The van der Waals surface area contributed by atoms with Gasteiger partial charge in [-0.25, -0.2) is 8.42 Å². The van der Waals surface area contributed by atoms with E-state index < -0.39 is 10.0 Å². The number of rotatable bonds is 10. The van der Waals surface area contributed by atoms with Crippen LogP contribution in [-0.4, -0.2) is 21.6 Å². The van der Waals surface area contributed by atoms with Crippen LogP contribution in [-0.2, 0) is 15.4 Å². The van der Waals surface area contributed by atoms with Crippen LogP contribution in [0.15, 0.2) is 108 Å². The van der Waals surface area contributed by atoms with Crippen LogP contribution < -0.4 is 14.0 Å². The van der Waals surface area contributed by atoms with Crippen LogP contribution in [0.1, 0.15) is 45.7 Å². The Bertz CT molecular complexity index is 1570. The first-order valence-electron chi connectivity index (χ1n) is 13.4. The van der Waals surface area contributed by atoms with Gasteiger partial charge in [-0.15, -0.1) is 0 Å². The highest BCUT2D eigenvalue weighted by Gasteiger charge is 2.21. The van der Waals surface area contributed by atoms with Gasteiger partial charge in [-0.3, -0.25) is 0 Å². The maximum Gasteiger partial charge on any atom is 0.218 e. The first-order valence-corrected chi connectivity index (χ1v) is 14.8. The fraction of sp³-hybridized carbons (Fsp3) is 0.242. The minimum absolute atomic E-state index is 0.0871. The molecule has 7 heteroatoms. The molecule has 3 aromatic carbocycles. The quantitative estimate of drug-likeness (QED) is 0.192. The van der Waals surface area contributed by atoms with Crippen LogP contribution in [0.2, 0.25) is 0 Å². The lowest BCUT2D eigenvalue weighted by Crippen LogP contribution is -2.35. The lowest BCUT2D eigenvalue weighted by Gasteiger charge is -2.21. The van der Waals surface area contributed by atoms with Crippen molar-refractivity contribution < 1.29 is 22.5 Å². The number of ether oxygens (including phenoxy) is 2. The summed E-state index contributed by atoms with van der Waals surface area (Å²) >= 11 is 0. The Labute approximate surface area is 238 Å². The van der Waals surface area contributed by atoms with E-state index in [0.29, 0.717) is 30.4 Å². The molecule has 40 heavy (non-hydrogen) atoms. The Kier molecular flexibility index (Phi) is 8.95. The summed E-state index contributed by atoms with van der Waals surface area (Å²) in [5, 5.41) is 0. The molecule has 0 bridgehead atoms. The lowest BCUT2D eigenvalue weighted by atomic mass is 9.87. The van der Waals surface area contributed by atoms with Crippen LogP contribution in [0.5, 0.6) is 11.5 Å². The van der Waals surface area contributed by atoms with Gasteiger partial charge in [0.2, 0.25) is 5.69 Å². The van der Waals surface area contributed by atoms with Crippen molar-refractivity contribution in [3.8, 4) is 22.8 Å². The van der Waals surface area contributed by atoms with E-state index in [4.69, 9.17) is 9.47 Å². The van der Waals surface area contributed by atoms with Gasteiger partial charge in [0, 0.05) is 23.3 Å². The van der Waals surface area contributed by atoms with Crippen molar-refractivity contribution in [1.29, 1.82) is 0 Å². The minimum Gasteiger partial charge on any atom is -0.574 e. The SMILES string of the molecule is CCOc1ccc(/C(=C/[N-]S(=O)(=O)c2ccc(C(C)(C)C)cc2)[n+]2ccccc2-c2ccccc2)cc1OCC. The summed E-state index contributed by atoms with van der Waals surface area (Å²) in [7, 11) is -3.97. The monoisotopic (exact) mass is 556 g/mol. The largest absolute Gasteiger partial charge is 0.574 e. The Morgan fingerprint density at radius 2 is 1.48 bits per heavy atom. The molecule has 6 nitrogen and oxygen atoms in total. The summed E-state index contributed by atoms with van der Waals surface area (Å²) in [5.41, 5.74) is 4.11. The highest BCUT2D eigenvalue weighted by Crippen LogP contribution is 2.32. The third-order valence-corrected chi connectivity index (χ3v) is 7.61. The Morgan fingerprint density at radius 1 is 0.825 bits per heavy atom. The molecule has 0 atom stereocenters. The third-order valence-electron chi connectivity index (χ3n) is 6.36. The average Bonchev–Trinajstić information content (AvgIpc) is 2.95. The molecule has 4 aromatic rings. The maximum absolute atomic E-state index is 13.4. The molecule has 0 spiro atoms. The van der Waals surface area contributed by atoms with Crippen molar-refractivity contribution in [3.63, 3.8) is 0 Å². The van der Waals surface area contributed by atoms with E-state index >= 15 is 0 Å². The molecule has 0 fully saturated rings. The molecule has 1 aromatic heterocycles. The normalized spacial score (nSPS) is 12.2. The summed E-state index contributed by atoms with van der Waals surface area (Å²) < 4.78 is 44.4. The van der Waals surface area contributed by atoms with Gasteiger partial charge < -0.3 is 14.2 Å². The first kappa shape index (κ1) is 28.9. The Balaban J connectivity index is 1.84. The molecular formula is C33H36N2O4S. The van der Waals surface area contributed by atoms with Crippen LogP contribution in [0.25, 0.3) is 21.7 Å². The van der Waals surface area contributed by atoms with E-state index in [0.717, 1.165) is 22.4 Å². The molecule has 0 saturated heterocycles. The number of pyridine rings is 1. The topological polar surface area (TPSA) is 70.6 Å². The minimum atomic E-state index is -3.97. The van der Waals surface area contributed by atoms with Crippen LogP contribution in [0.3, 0.4) is 0 Å². The van der Waals surface area contributed by atoms with Crippen molar-refractivity contribution in [2.75, 3.05) is 13.2 Å². The highest BCUT2D eigenvalue weighted by atomic mass is 32.2. The summed E-state index contributed by atoms with van der Waals surface area (Å²) in [6.07, 6.45) is 3.30. The van der Waals surface area contributed by atoms with Gasteiger partial charge in [0.15, 0.2) is 23.4 Å². The first-order chi connectivity index (χ1) is 19.1. The molecule has 208 valence electrons. The van der Waals surface area contributed by atoms with Gasteiger partial charge >= 0.3 is 0 Å². The van der Waals surface area contributed by atoms with Crippen molar-refractivity contribution in [3.05, 3.63) is 119 Å². The number of sulfonamides is 1. The third kappa shape index (κ3) is 6.72. The van der Waals surface area contributed by atoms with E-state index in [1.165, 1.54) is 6.20 Å². The van der Waals surface area contributed by atoms with Crippen molar-refractivity contribution in [2.45, 2.75) is 44.9 Å². The predicted octanol–water partition coefficient (Wildman–Crippen LogP) is 7.35. The van der Waals surface area contributed by atoms with Gasteiger partial charge in [-0.1, -0.05) is 57.3 Å². The van der Waals surface area contributed by atoms with Crippen molar-refractivity contribution in [2.24, 2.45) is 0 Å². The van der Waals surface area contributed by atoms with E-state index in [9.17, 15) is 8.42 Å². The molecule has 0 aliphatic rings. The summed E-state index contributed by atoms with van der Waals surface area (Å²) in [6.45, 7) is 11.0. The number of hydrogen-bond donors (Lipinski definition) is 0. The number of nitrogens with zero attached hydrogens (tertiary/aromatic N) is 2. The molecule has 4 rings (SSSR count). The summed E-state index contributed by atoms with van der Waals surface area (Å²) in [5.74, 6) is 1.20. The van der Waals surface area contributed by atoms with Crippen molar-refractivity contribution in [1.82, 2.24) is 0 Å². The van der Waals surface area contributed by atoms with Gasteiger partial charge in [0.1, 0.15) is 10.0 Å². The summed E-state index contributed by atoms with van der Waals surface area (Å²) in [4.78, 5) is 0.138. The number of hydrogen-bond acceptors (Lipinski definition) is 4. The fourth-order valence-corrected chi connectivity index (χ4v) is 5.13. The molecular weight excluding hydrogens is 520 g/mol. The molecule has 0 radical (unpaired) electrons. The van der Waals surface area contributed by atoms with Crippen LogP contribution in [0, 0.1) is 0 Å². The van der Waals surface area contributed by atoms with Gasteiger partial charge in [-0.2, -0.15) is 4.57 Å². The molecule has 0 aliphatic heterocycles. The van der Waals surface area contributed by atoms with Gasteiger partial charge in [0.25, 0.3) is 0 Å². The average molecular weight is 557 g/mol. The van der Waals surface area contributed by atoms with E-state index in [1.807, 2.05) is 103 Å². The Morgan fingerprint density at radius 3 is 2.12 bits per heavy atom. The lowest BCUT2D eigenvalue weighted by molar-refractivity contribution is -0.567. The molecule has 0 unspecified atom stereocenters. The van der Waals surface area contributed by atoms with Crippen molar-refractivity contribution >= 4 is 15.7 Å². The molecule has 0 amide bonds. The van der Waals surface area contributed by atoms with Crippen LogP contribution in [0.4, 0.5) is 0 Å². The smallest absolute Gasteiger partial charge is 0.218 e. The molecule has 1 heterocycles. The van der Waals surface area contributed by atoms with E-state index in [1.54, 1.807) is 12.1 Å². The van der Waals surface area contributed by atoms with E-state index in [2.05, 4.69) is 25.5 Å². The second-order valence-electron chi connectivity index (χ2n) is 10.2. The molecule has 0 aliphatic carbocycles. The molecule has 0 N–H and O–H groups in total. The second-order valence-corrected chi connectivity index (χ2v) is 11.9. The van der Waals surface area contributed by atoms with E-state index in [-0.39, 0.29) is 10.3 Å². The zero-order valence-electron chi connectivity index (χ0n) is 23.7. The number of benzene rings is 3. The zero-order valence-corrected chi connectivity index (χ0v) is 24.5. The number of aromatic nitrogens is 1. The predicted molar refractivity (Wildman–Crippen MR) is 160 cm³/mol.